The van der Waals surface area contributed by atoms with Crippen LogP contribution in [0.1, 0.15) is 30.7 Å². The third kappa shape index (κ3) is 3.22. The summed E-state index contributed by atoms with van der Waals surface area (Å²) in [5.74, 6) is -0.0579. The summed E-state index contributed by atoms with van der Waals surface area (Å²) in [5, 5.41) is 10.3. The summed E-state index contributed by atoms with van der Waals surface area (Å²) in [4.78, 5) is 26.4. The SMILES string of the molecule is CCC(=O)C1=C(O)C(=O)N(CCc2ccc(OC)cc2)C1c1ccco1. The first-order valence-electron chi connectivity index (χ1n) is 8.50. The van der Waals surface area contributed by atoms with Gasteiger partial charge in [0.05, 0.1) is 18.9 Å². The number of benzene rings is 1. The summed E-state index contributed by atoms with van der Waals surface area (Å²) in [6, 6.07) is 10.3. The van der Waals surface area contributed by atoms with Gasteiger partial charge in [-0.25, -0.2) is 0 Å². The molecule has 3 rings (SSSR count). The minimum absolute atomic E-state index is 0.113. The van der Waals surface area contributed by atoms with Crippen LogP contribution in [0.3, 0.4) is 0 Å². The number of amides is 1. The lowest BCUT2D eigenvalue weighted by atomic mass is 9.99. The van der Waals surface area contributed by atoms with Gasteiger partial charge in [0.2, 0.25) is 0 Å². The number of rotatable bonds is 7. The Balaban J connectivity index is 1.85. The van der Waals surface area contributed by atoms with Crippen LogP contribution >= 0.6 is 0 Å². The van der Waals surface area contributed by atoms with Crippen molar-refractivity contribution in [2.75, 3.05) is 13.7 Å². The second-order valence-corrected chi connectivity index (χ2v) is 6.05. The van der Waals surface area contributed by atoms with Crippen LogP contribution in [0.15, 0.2) is 58.4 Å². The predicted molar refractivity (Wildman–Crippen MR) is 94.8 cm³/mol. The molecule has 1 unspecified atom stereocenters. The number of methoxy groups -OCH3 is 1. The Hall–Kier alpha value is -3.02. The van der Waals surface area contributed by atoms with E-state index in [1.165, 1.54) is 11.2 Å². The van der Waals surface area contributed by atoms with Crippen LogP contribution < -0.4 is 4.74 Å². The summed E-state index contributed by atoms with van der Waals surface area (Å²) in [6.07, 6.45) is 2.27. The number of furan rings is 1. The maximum absolute atomic E-state index is 12.6. The van der Waals surface area contributed by atoms with Crippen molar-refractivity contribution in [3.05, 3.63) is 65.3 Å². The number of nitrogens with zero attached hydrogens (tertiary/aromatic N) is 1. The maximum atomic E-state index is 12.6. The van der Waals surface area contributed by atoms with Gasteiger partial charge in [-0.05, 0) is 36.2 Å². The van der Waals surface area contributed by atoms with Crippen LogP contribution in [0.4, 0.5) is 0 Å². The molecule has 1 aromatic carbocycles. The van der Waals surface area contributed by atoms with Gasteiger partial charge in [-0.15, -0.1) is 0 Å². The summed E-state index contributed by atoms with van der Waals surface area (Å²) in [5.41, 5.74) is 1.13. The molecular weight excluding hydrogens is 334 g/mol. The first kappa shape index (κ1) is 17.8. The van der Waals surface area contributed by atoms with E-state index in [9.17, 15) is 14.7 Å². The number of hydrogen-bond donors (Lipinski definition) is 1. The maximum Gasteiger partial charge on any atom is 0.290 e. The molecule has 2 heterocycles. The normalized spacial score (nSPS) is 17.1. The highest BCUT2D eigenvalue weighted by Crippen LogP contribution is 2.38. The molecule has 6 heteroatoms. The Kier molecular flexibility index (Phi) is 5.11. The van der Waals surface area contributed by atoms with Gasteiger partial charge >= 0.3 is 0 Å². The number of aliphatic hydroxyl groups is 1. The van der Waals surface area contributed by atoms with E-state index in [1.807, 2.05) is 24.3 Å². The zero-order valence-electron chi connectivity index (χ0n) is 14.8. The minimum atomic E-state index is -0.691. The molecule has 2 aromatic rings. The lowest BCUT2D eigenvalue weighted by Crippen LogP contribution is -2.32. The number of carbonyl (C=O) groups excluding carboxylic acids is 2. The molecule has 0 saturated carbocycles. The van der Waals surface area contributed by atoms with E-state index in [0.29, 0.717) is 18.7 Å². The summed E-state index contributed by atoms with van der Waals surface area (Å²) >= 11 is 0. The molecule has 136 valence electrons. The first-order chi connectivity index (χ1) is 12.6. The Bertz CT molecular complexity index is 820. The highest BCUT2D eigenvalue weighted by Gasteiger charge is 2.44. The molecule has 26 heavy (non-hydrogen) atoms. The number of carbonyl (C=O) groups is 2. The molecule has 1 amide bonds. The first-order valence-corrected chi connectivity index (χ1v) is 8.50. The van der Waals surface area contributed by atoms with Gasteiger partial charge in [-0.2, -0.15) is 0 Å². The van der Waals surface area contributed by atoms with E-state index in [0.717, 1.165) is 11.3 Å². The smallest absolute Gasteiger partial charge is 0.290 e. The van der Waals surface area contributed by atoms with Gasteiger partial charge in [-0.3, -0.25) is 9.59 Å². The van der Waals surface area contributed by atoms with Gasteiger partial charge in [0.25, 0.3) is 5.91 Å². The number of ether oxygens (including phenoxy) is 1. The van der Waals surface area contributed by atoms with E-state index in [-0.39, 0.29) is 17.8 Å². The Morgan fingerprint density at radius 2 is 2.00 bits per heavy atom. The minimum Gasteiger partial charge on any atom is -0.503 e. The zero-order valence-corrected chi connectivity index (χ0v) is 14.8. The van der Waals surface area contributed by atoms with Crippen LogP contribution in [-0.4, -0.2) is 35.4 Å². The molecule has 0 bridgehead atoms. The highest BCUT2D eigenvalue weighted by atomic mass is 16.5. The molecule has 1 N–H and O–H groups in total. The topological polar surface area (TPSA) is 80.0 Å². The fraction of sp³-hybridized carbons (Fsp3) is 0.300. The van der Waals surface area contributed by atoms with E-state index in [4.69, 9.17) is 9.15 Å². The Labute approximate surface area is 151 Å². The molecule has 1 aliphatic rings. The molecule has 0 spiro atoms. The third-order valence-electron chi connectivity index (χ3n) is 4.54. The highest BCUT2D eigenvalue weighted by molar-refractivity contribution is 6.08. The molecule has 0 radical (unpaired) electrons. The van der Waals surface area contributed by atoms with Crippen LogP contribution in [0, 0.1) is 0 Å². The number of ketones is 1. The molecule has 0 aliphatic carbocycles. The molecule has 6 nitrogen and oxygen atoms in total. The van der Waals surface area contributed by atoms with Crippen molar-refractivity contribution >= 4 is 11.7 Å². The summed E-state index contributed by atoms with van der Waals surface area (Å²) in [7, 11) is 1.60. The van der Waals surface area contributed by atoms with Crippen molar-refractivity contribution in [2.24, 2.45) is 0 Å². The van der Waals surface area contributed by atoms with E-state index >= 15 is 0 Å². The second kappa shape index (κ2) is 7.47. The molecule has 0 fully saturated rings. The fourth-order valence-electron chi connectivity index (χ4n) is 3.14. The van der Waals surface area contributed by atoms with Gasteiger partial charge in [0.15, 0.2) is 11.5 Å². The van der Waals surface area contributed by atoms with Crippen LogP contribution in [0.25, 0.3) is 0 Å². The lowest BCUT2D eigenvalue weighted by Gasteiger charge is -2.24. The van der Waals surface area contributed by atoms with Crippen LogP contribution in [0.2, 0.25) is 0 Å². The second-order valence-electron chi connectivity index (χ2n) is 6.05. The molecule has 1 aliphatic heterocycles. The van der Waals surface area contributed by atoms with Gasteiger partial charge in [0.1, 0.15) is 17.6 Å². The zero-order chi connectivity index (χ0) is 18.7. The van der Waals surface area contributed by atoms with Crippen molar-refractivity contribution in [1.29, 1.82) is 0 Å². The molecule has 1 atom stereocenters. The number of hydrogen-bond acceptors (Lipinski definition) is 5. The molecule has 1 aromatic heterocycles. The van der Waals surface area contributed by atoms with Gasteiger partial charge in [0, 0.05) is 13.0 Å². The van der Waals surface area contributed by atoms with Crippen molar-refractivity contribution in [3.8, 4) is 5.75 Å². The number of Topliss-reactive ketones (excluding diaryl/α,β-unsaturated/α-hetero) is 1. The van der Waals surface area contributed by atoms with Crippen LogP contribution in [-0.2, 0) is 16.0 Å². The lowest BCUT2D eigenvalue weighted by molar-refractivity contribution is -0.129. The summed E-state index contributed by atoms with van der Waals surface area (Å²) < 4.78 is 10.6. The average Bonchev–Trinajstić information content (AvgIpc) is 3.28. The predicted octanol–water partition coefficient (Wildman–Crippen LogP) is 3.21. The largest absolute Gasteiger partial charge is 0.503 e. The van der Waals surface area contributed by atoms with E-state index < -0.39 is 17.7 Å². The van der Waals surface area contributed by atoms with E-state index in [2.05, 4.69) is 0 Å². The van der Waals surface area contributed by atoms with Crippen LogP contribution in [0.5, 0.6) is 5.75 Å². The fourth-order valence-corrected chi connectivity index (χ4v) is 3.14. The van der Waals surface area contributed by atoms with Gasteiger partial charge < -0.3 is 19.2 Å². The van der Waals surface area contributed by atoms with Gasteiger partial charge in [-0.1, -0.05) is 19.1 Å². The van der Waals surface area contributed by atoms with Crippen molar-refractivity contribution < 1.29 is 23.8 Å². The van der Waals surface area contributed by atoms with Crippen molar-refractivity contribution in [1.82, 2.24) is 4.90 Å². The molecule has 0 saturated heterocycles. The average molecular weight is 355 g/mol. The Morgan fingerprint density at radius 1 is 1.27 bits per heavy atom. The third-order valence-corrected chi connectivity index (χ3v) is 4.54. The number of aliphatic hydroxyl groups excluding tert-OH is 1. The van der Waals surface area contributed by atoms with Crippen molar-refractivity contribution in [3.63, 3.8) is 0 Å². The van der Waals surface area contributed by atoms with E-state index in [1.54, 1.807) is 26.2 Å². The monoisotopic (exact) mass is 355 g/mol. The molecular formula is C20H21NO5. The van der Waals surface area contributed by atoms with Crippen molar-refractivity contribution in [2.45, 2.75) is 25.8 Å². The summed E-state index contributed by atoms with van der Waals surface area (Å²) in [6.45, 7) is 2.05. The quantitative estimate of drug-likeness (QED) is 0.825. The standard InChI is InChI=1S/C20H21NO5/c1-3-15(22)17-18(16-5-4-12-26-16)21(20(24)19(17)23)11-10-13-6-8-14(25-2)9-7-13/h4-9,12,18,23H,3,10-11H2,1-2H3. The Morgan fingerprint density at radius 3 is 2.58 bits per heavy atom.